The summed E-state index contributed by atoms with van der Waals surface area (Å²) in [7, 11) is 0. The van der Waals surface area contributed by atoms with Crippen molar-refractivity contribution in [2.24, 2.45) is 0 Å². The zero-order chi connectivity index (χ0) is 5.41. The Bertz CT molecular complexity index is 37.5. The third-order valence-electron chi connectivity index (χ3n) is 0. The summed E-state index contributed by atoms with van der Waals surface area (Å²) in [5.41, 5.74) is 0. The molecule has 0 aliphatic heterocycles. The summed E-state index contributed by atoms with van der Waals surface area (Å²) in [5, 5.41) is 0. The molecule has 0 spiro atoms. The van der Waals surface area contributed by atoms with Crippen LogP contribution in [0.15, 0.2) is 0 Å². The predicted octanol–water partition coefficient (Wildman–Crippen LogP) is 1.43. The molecule has 0 rings (SSSR count). The Labute approximate surface area is 89.7 Å². The van der Waals surface area contributed by atoms with Gasteiger partial charge in [-0.05, 0) is 0 Å². The zero-order valence-electron chi connectivity index (χ0n) is 3.71. The summed E-state index contributed by atoms with van der Waals surface area (Å²) in [6.07, 6.45) is 0. The largest absolute Gasteiger partial charge is 2.00 e. The van der Waals surface area contributed by atoms with E-state index in [4.69, 9.17) is 9.59 Å². The summed E-state index contributed by atoms with van der Waals surface area (Å²) in [6, 6.07) is 0. The van der Waals surface area contributed by atoms with Crippen LogP contribution in [0.2, 0.25) is 0 Å². The molecule has 0 bridgehead atoms. The first-order chi connectivity index (χ1) is 2.83. The van der Waals surface area contributed by atoms with E-state index in [0.29, 0.717) is 0 Å². The van der Waals surface area contributed by atoms with Gasteiger partial charge in [-0.15, -0.1) is 24.8 Å². The topological polar surface area (TPSA) is 34.1 Å². The van der Waals surface area contributed by atoms with Crippen LogP contribution in [0.3, 0.4) is 0 Å². The molecule has 0 saturated heterocycles. The third-order valence-corrected chi connectivity index (χ3v) is 0. The van der Waals surface area contributed by atoms with Crippen LogP contribution >= 0.6 is 48.0 Å². The maximum absolute atomic E-state index is 8.45. The molecule has 60 valence electrons. The number of hydrogen-bond acceptors (Lipinski definition) is 2. The molecular weight excluding hydrogens is 393 g/mol. The Morgan fingerprint density at radius 1 is 0.889 bits per heavy atom. The second kappa shape index (κ2) is 60.6. The summed E-state index contributed by atoms with van der Waals surface area (Å²) in [5.74, 6) is 1.94. The van der Waals surface area contributed by atoms with E-state index in [0.717, 1.165) is 11.5 Å². The van der Waals surface area contributed by atoms with E-state index in [9.17, 15) is 0 Å². The molecule has 0 saturated carbocycles. The van der Waals surface area contributed by atoms with Gasteiger partial charge in [0.25, 0.3) is 0 Å². The van der Waals surface area contributed by atoms with E-state index in [-0.39, 0.29) is 45.9 Å². The van der Waals surface area contributed by atoms with E-state index in [2.05, 4.69) is 23.2 Å². The summed E-state index contributed by atoms with van der Waals surface area (Å²) in [6.45, 7) is 0. The Balaban J connectivity index is -0.00000000889. The summed E-state index contributed by atoms with van der Waals surface area (Å²) >= 11 is 8.39. The molecule has 0 heterocycles. The van der Waals surface area contributed by atoms with E-state index in [1.54, 1.807) is 0 Å². The molecule has 0 atom stereocenters. The van der Waals surface area contributed by atoms with Crippen molar-refractivity contribution >= 4 is 59.5 Å². The Kier molecular flexibility index (Phi) is 215. The van der Waals surface area contributed by atoms with Crippen LogP contribution in [0.1, 0.15) is 0 Å². The van der Waals surface area contributed by atoms with Crippen molar-refractivity contribution in [3.63, 3.8) is 0 Å². The average molecular weight is 395 g/mol. The standard InChI is InChI=1S/2CClO.2ClH.Pt/c2*2-1-3;;;/h;;2*1H;/q2*-1;;;+2. The molecular formula is C2H2Cl4O2Pt. The molecule has 0 aromatic heterocycles. The molecule has 0 aliphatic carbocycles. The second-order valence-electron chi connectivity index (χ2n) is 0.154. The molecule has 0 radical (unpaired) electrons. The van der Waals surface area contributed by atoms with Crippen LogP contribution in [0.4, 0.5) is 0 Å². The first-order valence-corrected chi connectivity index (χ1v) is 1.54. The van der Waals surface area contributed by atoms with Gasteiger partial charge in [-0.3, -0.25) is 0 Å². The van der Waals surface area contributed by atoms with Crippen LogP contribution in [-0.2, 0) is 30.7 Å². The Hall–Kier alpha value is 1.19. The number of halogens is 4. The van der Waals surface area contributed by atoms with Crippen molar-refractivity contribution in [3.8, 4) is 0 Å². The quantitative estimate of drug-likeness (QED) is 0.460. The molecule has 0 fully saturated rings. The maximum Gasteiger partial charge on any atom is 2.00 e. The smallest absolute Gasteiger partial charge is 0.525 e. The number of carbonyl (C=O) groups excluding carboxylic acids is 2. The van der Waals surface area contributed by atoms with Crippen molar-refractivity contribution in [2.45, 2.75) is 0 Å². The van der Waals surface area contributed by atoms with Crippen LogP contribution in [-0.4, -0.2) is 11.5 Å². The first-order valence-electron chi connectivity index (χ1n) is 0.786. The van der Waals surface area contributed by atoms with Crippen LogP contribution in [0.25, 0.3) is 0 Å². The van der Waals surface area contributed by atoms with Crippen molar-refractivity contribution in [1.29, 1.82) is 0 Å². The fraction of sp³-hybridized carbons (Fsp3) is 0. The van der Waals surface area contributed by atoms with Gasteiger partial charge in [0.1, 0.15) is 0 Å². The van der Waals surface area contributed by atoms with Crippen LogP contribution < -0.4 is 0 Å². The maximum atomic E-state index is 8.45. The van der Waals surface area contributed by atoms with Gasteiger partial charge in [-0.1, -0.05) is 0 Å². The SMILES string of the molecule is Cl.Cl.O=[C-]Cl.O=[C-]Cl.[Pt+2]. The van der Waals surface area contributed by atoms with Gasteiger partial charge in [0, 0.05) is 0 Å². The minimum absolute atomic E-state index is 0. The molecule has 0 amide bonds. The summed E-state index contributed by atoms with van der Waals surface area (Å²) < 4.78 is 0. The molecule has 0 N–H and O–H groups in total. The van der Waals surface area contributed by atoms with Gasteiger partial charge in [-0.2, -0.15) is 11.5 Å². The van der Waals surface area contributed by atoms with Gasteiger partial charge < -0.3 is 32.8 Å². The van der Waals surface area contributed by atoms with Crippen molar-refractivity contribution in [1.82, 2.24) is 0 Å². The molecule has 0 aromatic rings. The Morgan fingerprint density at radius 3 is 0.889 bits per heavy atom. The van der Waals surface area contributed by atoms with Crippen LogP contribution in [0.5, 0.6) is 0 Å². The number of hydrogen-bond donors (Lipinski definition) is 0. The predicted molar refractivity (Wildman–Crippen MR) is 37.6 cm³/mol. The minimum atomic E-state index is 0. The molecule has 0 aliphatic rings. The number of rotatable bonds is 0. The van der Waals surface area contributed by atoms with E-state index in [1.165, 1.54) is 0 Å². The monoisotopic (exact) mass is 393 g/mol. The van der Waals surface area contributed by atoms with Gasteiger partial charge in [0.05, 0.1) is 0 Å². The molecule has 9 heavy (non-hydrogen) atoms. The van der Waals surface area contributed by atoms with Gasteiger partial charge in [0.15, 0.2) is 0 Å². The first kappa shape index (κ1) is 32.0. The third kappa shape index (κ3) is 336. The summed E-state index contributed by atoms with van der Waals surface area (Å²) in [4.78, 5) is 16.9. The van der Waals surface area contributed by atoms with Gasteiger partial charge >= 0.3 is 21.1 Å². The molecule has 2 nitrogen and oxygen atoms in total. The van der Waals surface area contributed by atoms with Crippen LogP contribution in [0, 0.1) is 0 Å². The van der Waals surface area contributed by atoms with Gasteiger partial charge in [-0.25, -0.2) is 0 Å². The van der Waals surface area contributed by atoms with E-state index < -0.39 is 0 Å². The Morgan fingerprint density at radius 2 is 0.889 bits per heavy atom. The van der Waals surface area contributed by atoms with Crippen molar-refractivity contribution < 1.29 is 30.7 Å². The average Bonchev–Trinajstić information content (AvgIpc) is 1.39. The van der Waals surface area contributed by atoms with E-state index >= 15 is 0 Å². The zero-order valence-corrected chi connectivity index (χ0v) is 9.12. The van der Waals surface area contributed by atoms with Gasteiger partial charge in [0.2, 0.25) is 0 Å². The minimum Gasteiger partial charge on any atom is -0.525 e. The molecule has 0 unspecified atom stereocenters. The van der Waals surface area contributed by atoms with Crippen molar-refractivity contribution in [2.75, 3.05) is 0 Å². The van der Waals surface area contributed by atoms with Crippen molar-refractivity contribution in [3.05, 3.63) is 0 Å². The van der Waals surface area contributed by atoms with E-state index in [1.807, 2.05) is 0 Å². The fourth-order valence-corrected chi connectivity index (χ4v) is 0. The molecule has 7 heteroatoms. The normalized spacial score (nSPS) is 2.89. The second-order valence-corrected chi connectivity index (χ2v) is 0.463. The fourth-order valence-electron chi connectivity index (χ4n) is 0. The molecule has 0 aromatic carbocycles.